The van der Waals surface area contributed by atoms with Gasteiger partial charge in [0.05, 0.1) is 16.8 Å². The molecule has 1 aliphatic rings. The van der Waals surface area contributed by atoms with Gasteiger partial charge in [-0.05, 0) is 36.8 Å². The van der Waals surface area contributed by atoms with Gasteiger partial charge in [-0.15, -0.1) is 0 Å². The number of hydrogen-bond acceptors (Lipinski definition) is 4. The zero-order valence-electron chi connectivity index (χ0n) is 21.2. The normalized spacial score (nSPS) is 13.8. The van der Waals surface area contributed by atoms with Crippen molar-refractivity contribution in [3.63, 3.8) is 0 Å². The second kappa shape index (κ2) is 9.49. The van der Waals surface area contributed by atoms with Crippen LogP contribution in [0.2, 0.25) is 0 Å². The van der Waals surface area contributed by atoms with Crippen molar-refractivity contribution in [2.24, 2.45) is 7.05 Å². The van der Waals surface area contributed by atoms with Gasteiger partial charge in [-0.2, -0.15) is 0 Å². The van der Waals surface area contributed by atoms with Crippen LogP contribution in [0.15, 0.2) is 66.9 Å². The molecule has 0 N–H and O–H groups in total. The number of pyridine rings is 1. The number of carbonyl (C=O) groups excluding carboxylic acids is 2. The summed E-state index contributed by atoms with van der Waals surface area (Å²) in [5.41, 5.74) is 5.50. The van der Waals surface area contributed by atoms with Crippen LogP contribution in [0.1, 0.15) is 26.3 Å². The summed E-state index contributed by atoms with van der Waals surface area (Å²) in [6.07, 6.45) is 1.62. The Bertz CT molecular complexity index is 1420. The average molecular weight is 482 g/mol. The number of amides is 2. The van der Waals surface area contributed by atoms with E-state index in [1.807, 2.05) is 42.3 Å². The molecule has 1 fully saturated rings. The Labute approximate surface area is 211 Å². The van der Waals surface area contributed by atoms with E-state index in [1.165, 1.54) is 0 Å². The number of rotatable bonds is 4. The van der Waals surface area contributed by atoms with Crippen molar-refractivity contribution in [2.75, 3.05) is 45.2 Å². The van der Waals surface area contributed by atoms with Gasteiger partial charge in [0, 0.05) is 64.4 Å². The van der Waals surface area contributed by atoms with Crippen molar-refractivity contribution in [2.45, 2.75) is 6.92 Å². The van der Waals surface area contributed by atoms with Gasteiger partial charge in [0.15, 0.2) is 0 Å². The van der Waals surface area contributed by atoms with Crippen LogP contribution < -0.4 is 4.90 Å². The van der Waals surface area contributed by atoms with E-state index in [2.05, 4.69) is 51.7 Å². The number of anilines is 1. The summed E-state index contributed by atoms with van der Waals surface area (Å²) >= 11 is 0. The minimum Gasteiger partial charge on any atom is -0.353 e. The van der Waals surface area contributed by atoms with Crippen molar-refractivity contribution in [3.8, 4) is 11.3 Å². The molecule has 2 aromatic carbocycles. The predicted molar refractivity (Wildman–Crippen MR) is 143 cm³/mol. The summed E-state index contributed by atoms with van der Waals surface area (Å²) in [5.74, 6) is 0.816. The lowest BCUT2D eigenvalue weighted by atomic mass is 10.0. The maximum Gasteiger partial charge on any atom is 0.256 e. The Balaban J connectivity index is 1.41. The van der Waals surface area contributed by atoms with Crippen LogP contribution >= 0.6 is 0 Å². The fourth-order valence-corrected chi connectivity index (χ4v) is 4.96. The molecule has 3 heterocycles. The first-order valence-corrected chi connectivity index (χ1v) is 12.2. The molecule has 0 atom stereocenters. The zero-order valence-corrected chi connectivity index (χ0v) is 21.2. The lowest BCUT2D eigenvalue weighted by Gasteiger charge is -2.35. The molecule has 0 spiro atoms. The quantitative estimate of drug-likeness (QED) is 0.438. The smallest absolute Gasteiger partial charge is 0.256 e. The third kappa shape index (κ3) is 4.21. The Morgan fingerprint density at radius 3 is 2.28 bits per heavy atom. The van der Waals surface area contributed by atoms with Crippen molar-refractivity contribution >= 4 is 28.5 Å². The number of benzene rings is 2. The monoisotopic (exact) mass is 481 g/mol. The van der Waals surface area contributed by atoms with E-state index in [0.29, 0.717) is 31.7 Å². The average Bonchev–Trinajstić information content (AvgIpc) is 3.19. The first-order valence-electron chi connectivity index (χ1n) is 12.2. The zero-order chi connectivity index (χ0) is 25.4. The van der Waals surface area contributed by atoms with Gasteiger partial charge >= 0.3 is 0 Å². The number of aromatic nitrogens is 2. The highest BCUT2D eigenvalue weighted by molar-refractivity contribution is 6.13. The maximum absolute atomic E-state index is 14.0. The van der Waals surface area contributed by atoms with Gasteiger partial charge in [0.25, 0.3) is 11.8 Å². The maximum atomic E-state index is 14.0. The summed E-state index contributed by atoms with van der Waals surface area (Å²) in [6.45, 7) is 4.64. The molecule has 5 rings (SSSR count). The molecule has 36 heavy (non-hydrogen) atoms. The largest absolute Gasteiger partial charge is 0.353 e. The van der Waals surface area contributed by atoms with E-state index in [0.717, 1.165) is 39.1 Å². The van der Waals surface area contributed by atoms with Crippen LogP contribution in [0.4, 0.5) is 5.82 Å². The SMILES string of the molecule is Cc1ccc2c(c1)c(C(=O)N1CCN(c3ccc(C(=O)N(C)C)cn3)CC1)c(-c1ccccc1)n2C. The first kappa shape index (κ1) is 23.6. The number of carbonyl (C=O) groups is 2. The molecule has 0 bridgehead atoms. The number of piperazine rings is 1. The van der Waals surface area contributed by atoms with Crippen LogP contribution in [0.5, 0.6) is 0 Å². The molecule has 7 nitrogen and oxygen atoms in total. The highest BCUT2D eigenvalue weighted by Crippen LogP contribution is 2.35. The van der Waals surface area contributed by atoms with E-state index in [9.17, 15) is 9.59 Å². The highest BCUT2D eigenvalue weighted by atomic mass is 16.2. The molecule has 1 aliphatic heterocycles. The number of hydrogen-bond donors (Lipinski definition) is 0. The van der Waals surface area contributed by atoms with Crippen LogP contribution in [0, 0.1) is 6.92 Å². The minimum absolute atomic E-state index is 0.0598. The van der Waals surface area contributed by atoms with Gasteiger partial charge < -0.3 is 19.3 Å². The van der Waals surface area contributed by atoms with Crippen molar-refractivity contribution < 1.29 is 9.59 Å². The second-order valence-corrected chi connectivity index (χ2v) is 9.55. The fraction of sp³-hybridized carbons (Fsp3) is 0.276. The van der Waals surface area contributed by atoms with Gasteiger partial charge in [-0.1, -0.05) is 42.0 Å². The summed E-state index contributed by atoms with van der Waals surface area (Å²) in [4.78, 5) is 36.3. The minimum atomic E-state index is -0.0657. The topological polar surface area (TPSA) is 61.7 Å². The van der Waals surface area contributed by atoms with Crippen molar-refractivity contribution in [3.05, 3.63) is 83.6 Å². The predicted octanol–water partition coefficient (Wildman–Crippen LogP) is 4.21. The molecular weight excluding hydrogens is 450 g/mol. The first-order chi connectivity index (χ1) is 17.3. The van der Waals surface area contributed by atoms with Crippen molar-refractivity contribution in [1.29, 1.82) is 0 Å². The van der Waals surface area contributed by atoms with E-state index < -0.39 is 0 Å². The Morgan fingerprint density at radius 2 is 1.64 bits per heavy atom. The number of aryl methyl sites for hydroxylation is 2. The lowest BCUT2D eigenvalue weighted by Crippen LogP contribution is -2.49. The highest BCUT2D eigenvalue weighted by Gasteiger charge is 2.29. The van der Waals surface area contributed by atoms with Crippen LogP contribution in [-0.2, 0) is 7.05 Å². The van der Waals surface area contributed by atoms with Gasteiger partial charge in [-0.25, -0.2) is 4.98 Å². The molecule has 2 amide bonds. The summed E-state index contributed by atoms with van der Waals surface area (Å²) < 4.78 is 2.13. The van der Waals surface area contributed by atoms with E-state index in [-0.39, 0.29) is 11.8 Å². The Morgan fingerprint density at radius 1 is 0.917 bits per heavy atom. The molecule has 0 saturated carbocycles. The summed E-state index contributed by atoms with van der Waals surface area (Å²) in [5, 5.41) is 0.992. The number of nitrogens with zero attached hydrogens (tertiary/aromatic N) is 5. The molecule has 0 radical (unpaired) electrons. The third-order valence-electron chi connectivity index (χ3n) is 6.91. The lowest BCUT2D eigenvalue weighted by molar-refractivity contribution is 0.0748. The van der Waals surface area contributed by atoms with E-state index in [4.69, 9.17) is 0 Å². The van der Waals surface area contributed by atoms with Crippen LogP contribution in [0.3, 0.4) is 0 Å². The Hall–Kier alpha value is -4.13. The third-order valence-corrected chi connectivity index (χ3v) is 6.91. The summed E-state index contributed by atoms with van der Waals surface area (Å²) in [6, 6.07) is 20.1. The molecule has 1 saturated heterocycles. The van der Waals surface area contributed by atoms with Crippen molar-refractivity contribution in [1.82, 2.24) is 19.4 Å². The Kier molecular flexibility index (Phi) is 6.22. The molecular formula is C29H31N5O2. The van der Waals surface area contributed by atoms with E-state index in [1.54, 1.807) is 25.2 Å². The molecule has 0 aliphatic carbocycles. The van der Waals surface area contributed by atoms with Gasteiger partial charge in [0.1, 0.15) is 5.82 Å². The molecule has 0 unspecified atom stereocenters. The second-order valence-electron chi connectivity index (χ2n) is 9.55. The molecule has 7 heteroatoms. The fourth-order valence-electron chi connectivity index (χ4n) is 4.96. The molecule has 2 aromatic heterocycles. The van der Waals surface area contributed by atoms with Crippen LogP contribution in [0.25, 0.3) is 22.2 Å². The van der Waals surface area contributed by atoms with Gasteiger partial charge in [-0.3, -0.25) is 9.59 Å². The molecule has 4 aromatic rings. The standard InChI is InChI=1S/C29H31N5O2/c1-20-10-12-24-23(18-20)26(27(32(24)4)21-8-6-5-7-9-21)29(36)34-16-14-33(15-17-34)25-13-11-22(19-30-25)28(35)31(2)3/h5-13,18-19H,14-17H2,1-4H3. The van der Waals surface area contributed by atoms with E-state index >= 15 is 0 Å². The van der Waals surface area contributed by atoms with Crippen LogP contribution in [-0.4, -0.2) is 71.4 Å². The number of fused-ring (bicyclic) bond motifs is 1. The molecule has 184 valence electrons. The summed E-state index contributed by atoms with van der Waals surface area (Å²) in [7, 11) is 5.49. The van der Waals surface area contributed by atoms with Gasteiger partial charge in [0.2, 0.25) is 0 Å².